The van der Waals surface area contributed by atoms with Crippen LogP contribution in [-0.4, -0.2) is 21.4 Å². The molecule has 0 spiro atoms. The second-order valence-electron chi connectivity index (χ2n) is 4.42. The van der Waals surface area contributed by atoms with Crippen LogP contribution in [0.15, 0.2) is 36.5 Å². The van der Waals surface area contributed by atoms with E-state index in [1.54, 1.807) is 4.68 Å². The molecule has 100 valence electrons. The first-order chi connectivity index (χ1) is 9.15. The van der Waals surface area contributed by atoms with Crippen molar-refractivity contribution in [3.05, 3.63) is 47.8 Å². The molecular weight excluding hydrogens is 256 g/mol. The van der Waals surface area contributed by atoms with Gasteiger partial charge in [-0.1, -0.05) is 30.3 Å². The Labute approximate surface area is 118 Å². The molecule has 2 rings (SSSR count). The van der Waals surface area contributed by atoms with Crippen molar-refractivity contribution in [3.8, 4) is 0 Å². The van der Waals surface area contributed by atoms with E-state index >= 15 is 0 Å². The van der Waals surface area contributed by atoms with Crippen molar-refractivity contribution < 1.29 is 0 Å². The van der Waals surface area contributed by atoms with E-state index in [2.05, 4.69) is 27.9 Å². The number of hydrogen-bond acceptors (Lipinski definition) is 2. The van der Waals surface area contributed by atoms with Crippen LogP contribution in [0.25, 0.3) is 0 Å². The molecule has 0 aliphatic carbocycles. The Balaban J connectivity index is 1.78. The molecule has 1 aromatic heterocycles. The predicted octanol–water partition coefficient (Wildman–Crippen LogP) is 2.26. The van der Waals surface area contributed by atoms with Gasteiger partial charge in [0.1, 0.15) is 0 Å². The lowest BCUT2D eigenvalue weighted by molar-refractivity contribution is 0.756. The first-order valence-electron chi connectivity index (χ1n) is 6.24. The molecule has 19 heavy (non-hydrogen) atoms. The van der Waals surface area contributed by atoms with Gasteiger partial charge < -0.3 is 10.6 Å². The zero-order valence-electron chi connectivity index (χ0n) is 11.2. The van der Waals surface area contributed by atoms with Crippen LogP contribution < -0.4 is 10.6 Å². The van der Waals surface area contributed by atoms with Crippen LogP contribution in [0, 0.1) is 6.92 Å². The van der Waals surface area contributed by atoms with Crippen molar-refractivity contribution in [2.75, 3.05) is 11.9 Å². The van der Waals surface area contributed by atoms with E-state index in [0.29, 0.717) is 5.11 Å². The number of aromatic nitrogens is 2. The van der Waals surface area contributed by atoms with Gasteiger partial charge in [-0.25, -0.2) is 0 Å². The summed E-state index contributed by atoms with van der Waals surface area (Å²) < 4.78 is 1.77. The van der Waals surface area contributed by atoms with Crippen molar-refractivity contribution in [3.63, 3.8) is 0 Å². The summed E-state index contributed by atoms with van der Waals surface area (Å²) in [5.74, 6) is 0. The summed E-state index contributed by atoms with van der Waals surface area (Å²) in [5.41, 5.74) is 3.18. The maximum Gasteiger partial charge on any atom is 0.170 e. The minimum Gasteiger partial charge on any atom is -0.362 e. The molecular formula is C14H18N4S. The second kappa shape index (κ2) is 6.33. The highest BCUT2D eigenvalue weighted by molar-refractivity contribution is 7.80. The molecule has 0 amide bonds. The van der Waals surface area contributed by atoms with Crippen molar-refractivity contribution in [1.82, 2.24) is 15.1 Å². The standard InChI is InChI=1S/C14H18N4S/c1-11-13(10-18(2)17-11)16-14(19)15-9-8-12-6-4-3-5-7-12/h3-7,10H,8-9H2,1-2H3,(H2,15,16,19). The molecule has 4 nitrogen and oxygen atoms in total. The first kappa shape index (κ1) is 13.5. The van der Waals surface area contributed by atoms with Gasteiger partial charge in [-0.05, 0) is 31.1 Å². The predicted molar refractivity (Wildman–Crippen MR) is 82.3 cm³/mol. The Morgan fingerprint density at radius 2 is 2.05 bits per heavy atom. The highest BCUT2D eigenvalue weighted by atomic mass is 32.1. The number of nitrogens with zero attached hydrogens (tertiary/aromatic N) is 2. The normalized spacial score (nSPS) is 10.2. The molecule has 0 aliphatic rings. The Morgan fingerprint density at radius 3 is 2.68 bits per heavy atom. The summed E-state index contributed by atoms with van der Waals surface area (Å²) >= 11 is 5.26. The number of aryl methyl sites for hydroxylation is 2. The van der Waals surface area contributed by atoms with Crippen molar-refractivity contribution in [2.45, 2.75) is 13.3 Å². The van der Waals surface area contributed by atoms with Gasteiger partial charge in [0.05, 0.1) is 11.4 Å². The van der Waals surface area contributed by atoms with E-state index in [1.807, 2.05) is 38.4 Å². The highest BCUT2D eigenvalue weighted by Gasteiger charge is 2.04. The first-order valence-corrected chi connectivity index (χ1v) is 6.65. The van der Waals surface area contributed by atoms with Crippen LogP contribution in [0.1, 0.15) is 11.3 Å². The van der Waals surface area contributed by atoms with Gasteiger partial charge in [-0.15, -0.1) is 0 Å². The zero-order valence-corrected chi connectivity index (χ0v) is 12.0. The van der Waals surface area contributed by atoms with Crippen molar-refractivity contribution in [1.29, 1.82) is 0 Å². The molecule has 0 saturated heterocycles. The summed E-state index contributed by atoms with van der Waals surface area (Å²) in [5, 5.41) is 11.2. The molecule has 2 aromatic rings. The molecule has 1 aromatic carbocycles. The monoisotopic (exact) mass is 274 g/mol. The zero-order chi connectivity index (χ0) is 13.7. The summed E-state index contributed by atoms with van der Waals surface area (Å²) in [6.07, 6.45) is 2.87. The number of rotatable bonds is 4. The van der Waals surface area contributed by atoms with Gasteiger partial charge in [-0.3, -0.25) is 4.68 Å². The van der Waals surface area contributed by atoms with Crippen LogP contribution in [0.5, 0.6) is 0 Å². The molecule has 0 bridgehead atoms. The summed E-state index contributed by atoms with van der Waals surface area (Å²) in [6, 6.07) is 10.3. The SMILES string of the molecule is Cc1nn(C)cc1NC(=S)NCCc1ccccc1. The van der Waals surface area contributed by atoms with Gasteiger partial charge >= 0.3 is 0 Å². The Hall–Kier alpha value is -1.88. The van der Waals surface area contributed by atoms with E-state index in [9.17, 15) is 0 Å². The van der Waals surface area contributed by atoms with E-state index in [0.717, 1.165) is 24.3 Å². The van der Waals surface area contributed by atoms with Crippen LogP contribution >= 0.6 is 12.2 Å². The van der Waals surface area contributed by atoms with Crippen molar-refractivity contribution >= 4 is 23.0 Å². The fraction of sp³-hybridized carbons (Fsp3) is 0.286. The summed E-state index contributed by atoms with van der Waals surface area (Å²) in [4.78, 5) is 0. The van der Waals surface area contributed by atoms with E-state index in [-0.39, 0.29) is 0 Å². The lowest BCUT2D eigenvalue weighted by Crippen LogP contribution is -2.30. The van der Waals surface area contributed by atoms with Gasteiger partial charge in [0.15, 0.2) is 5.11 Å². The maximum atomic E-state index is 5.26. The van der Waals surface area contributed by atoms with Crippen LogP contribution in [0.4, 0.5) is 5.69 Å². The Bertz CT molecular complexity index is 548. The molecule has 0 unspecified atom stereocenters. The molecule has 0 aliphatic heterocycles. The largest absolute Gasteiger partial charge is 0.362 e. The van der Waals surface area contributed by atoms with E-state index in [4.69, 9.17) is 12.2 Å². The smallest absolute Gasteiger partial charge is 0.170 e. The second-order valence-corrected chi connectivity index (χ2v) is 4.83. The maximum absolute atomic E-state index is 5.26. The Morgan fingerprint density at radius 1 is 1.32 bits per heavy atom. The van der Waals surface area contributed by atoms with Crippen LogP contribution in [0.3, 0.4) is 0 Å². The lowest BCUT2D eigenvalue weighted by atomic mass is 10.1. The molecule has 0 radical (unpaired) electrons. The molecule has 0 saturated carbocycles. The fourth-order valence-corrected chi connectivity index (χ4v) is 2.07. The third kappa shape index (κ3) is 4.06. The van der Waals surface area contributed by atoms with Gasteiger partial charge in [0.25, 0.3) is 0 Å². The molecule has 0 fully saturated rings. The molecule has 1 heterocycles. The lowest BCUT2D eigenvalue weighted by Gasteiger charge is -2.09. The fourth-order valence-electron chi connectivity index (χ4n) is 1.85. The molecule has 0 atom stereocenters. The third-order valence-corrected chi connectivity index (χ3v) is 3.05. The number of hydrogen-bond donors (Lipinski definition) is 2. The third-order valence-electron chi connectivity index (χ3n) is 2.80. The minimum atomic E-state index is 0.632. The number of nitrogens with one attached hydrogen (secondary N) is 2. The van der Waals surface area contributed by atoms with Crippen molar-refractivity contribution in [2.24, 2.45) is 7.05 Å². The van der Waals surface area contributed by atoms with Gasteiger partial charge in [0.2, 0.25) is 0 Å². The summed E-state index contributed by atoms with van der Waals surface area (Å²) in [7, 11) is 1.89. The number of anilines is 1. The minimum absolute atomic E-state index is 0.632. The Kier molecular flexibility index (Phi) is 4.52. The number of thiocarbonyl (C=S) groups is 1. The topological polar surface area (TPSA) is 41.9 Å². The molecule has 5 heteroatoms. The quantitative estimate of drug-likeness (QED) is 0.839. The van der Waals surface area contributed by atoms with E-state index in [1.165, 1.54) is 5.56 Å². The van der Waals surface area contributed by atoms with Crippen LogP contribution in [-0.2, 0) is 13.5 Å². The van der Waals surface area contributed by atoms with Gasteiger partial charge in [-0.2, -0.15) is 5.10 Å². The summed E-state index contributed by atoms with van der Waals surface area (Å²) in [6.45, 7) is 2.77. The highest BCUT2D eigenvalue weighted by Crippen LogP contribution is 2.10. The van der Waals surface area contributed by atoms with E-state index < -0.39 is 0 Å². The van der Waals surface area contributed by atoms with Gasteiger partial charge in [0, 0.05) is 19.8 Å². The average molecular weight is 274 g/mol. The van der Waals surface area contributed by atoms with Crippen LogP contribution in [0.2, 0.25) is 0 Å². The molecule has 2 N–H and O–H groups in total. The average Bonchev–Trinajstić information content (AvgIpc) is 2.69. The number of benzene rings is 1.